The zero-order valence-corrected chi connectivity index (χ0v) is 17.1. The molecule has 0 spiro atoms. The van der Waals surface area contributed by atoms with E-state index in [9.17, 15) is 9.59 Å². The molecule has 0 radical (unpaired) electrons. The summed E-state index contributed by atoms with van der Waals surface area (Å²) in [6.07, 6.45) is 1.01. The molecular weight excluding hydrogens is 390 g/mol. The van der Waals surface area contributed by atoms with Crippen molar-refractivity contribution < 1.29 is 19.1 Å². The molecule has 0 aromatic heterocycles. The summed E-state index contributed by atoms with van der Waals surface area (Å²) in [5, 5.41) is 4.37. The number of carbonyl (C=O) groups excluding carboxylic acids is 2. The molecule has 0 saturated carbocycles. The van der Waals surface area contributed by atoms with Crippen molar-refractivity contribution in [3.05, 3.63) is 78.0 Å². The lowest BCUT2D eigenvalue weighted by atomic mass is 10.1. The number of esters is 2. The van der Waals surface area contributed by atoms with Gasteiger partial charge in [-0.15, -0.1) is 0 Å². The Morgan fingerprint density at radius 2 is 1.59 bits per heavy atom. The summed E-state index contributed by atoms with van der Waals surface area (Å²) in [7, 11) is 2.43. The monoisotopic (exact) mass is 411 g/mol. The van der Waals surface area contributed by atoms with Gasteiger partial charge in [-0.2, -0.15) is 5.10 Å². The van der Waals surface area contributed by atoms with Crippen LogP contribution in [0.5, 0.6) is 0 Å². The third-order valence-electron chi connectivity index (χ3n) is 3.82. The average molecular weight is 411 g/mol. The summed E-state index contributed by atoms with van der Waals surface area (Å²) in [6.45, 7) is 1.82. The van der Waals surface area contributed by atoms with Crippen molar-refractivity contribution in [3.63, 3.8) is 0 Å². The number of ether oxygens (including phenoxy) is 2. The molecule has 2 rings (SSSR count). The normalized spacial score (nSPS) is 11.4. The van der Waals surface area contributed by atoms with Crippen molar-refractivity contribution in [1.29, 1.82) is 0 Å². The molecule has 2 aromatic rings. The van der Waals surface area contributed by atoms with Crippen LogP contribution in [0.1, 0.15) is 12.5 Å². The molecule has 0 unspecified atom stereocenters. The Kier molecular flexibility index (Phi) is 8.05. The highest BCUT2D eigenvalue weighted by molar-refractivity contribution is 7.80. The molecule has 29 heavy (non-hydrogen) atoms. The maximum absolute atomic E-state index is 12.4. The summed E-state index contributed by atoms with van der Waals surface area (Å²) >= 11 is 5.47. The van der Waals surface area contributed by atoms with Crippen molar-refractivity contribution in [1.82, 2.24) is 5.43 Å². The lowest BCUT2D eigenvalue weighted by Crippen LogP contribution is -2.40. The number of thiocarbonyl (C=S) groups is 1. The molecule has 150 valence electrons. The molecule has 0 bridgehead atoms. The Bertz CT molecular complexity index is 927. The van der Waals surface area contributed by atoms with Gasteiger partial charge in [-0.05, 0) is 36.8 Å². The van der Waals surface area contributed by atoms with E-state index in [2.05, 4.69) is 15.3 Å². The standard InChI is InChI=1S/C21H21N3O4S/c1-15(16-10-6-4-7-11-16)22-23-21(29)24(17-12-8-5-9-13-17)18(20(26)28-3)14-19(25)27-2/h4-14H,1-3H3,(H,23,29)/b18-14-,22-15+. The van der Waals surface area contributed by atoms with Crippen molar-refractivity contribution in [3.8, 4) is 0 Å². The van der Waals surface area contributed by atoms with Crippen LogP contribution in [0.15, 0.2) is 77.5 Å². The van der Waals surface area contributed by atoms with Gasteiger partial charge in [-0.3, -0.25) is 10.3 Å². The minimum Gasteiger partial charge on any atom is -0.466 e. The Hall–Kier alpha value is -3.52. The summed E-state index contributed by atoms with van der Waals surface area (Å²) < 4.78 is 9.48. The molecule has 0 heterocycles. The van der Waals surface area contributed by atoms with Gasteiger partial charge in [0.05, 0.1) is 26.0 Å². The number of methoxy groups -OCH3 is 2. The van der Waals surface area contributed by atoms with Gasteiger partial charge in [-0.1, -0.05) is 48.5 Å². The third kappa shape index (κ3) is 5.98. The largest absolute Gasteiger partial charge is 0.466 e. The maximum Gasteiger partial charge on any atom is 0.355 e. The van der Waals surface area contributed by atoms with Gasteiger partial charge in [-0.25, -0.2) is 9.59 Å². The van der Waals surface area contributed by atoms with Crippen LogP contribution in [0.25, 0.3) is 0 Å². The van der Waals surface area contributed by atoms with E-state index >= 15 is 0 Å². The first-order valence-corrected chi connectivity index (χ1v) is 9.01. The van der Waals surface area contributed by atoms with Gasteiger partial charge in [0.15, 0.2) is 5.11 Å². The number of hydrogen-bond donors (Lipinski definition) is 1. The summed E-state index contributed by atoms with van der Waals surface area (Å²) in [5.74, 6) is -1.48. The van der Waals surface area contributed by atoms with Crippen LogP contribution >= 0.6 is 12.2 Å². The predicted molar refractivity (Wildman–Crippen MR) is 115 cm³/mol. The van der Waals surface area contributed by atoms with Gasteiger partial charge >= 0.3 is 11.9 Å². The quantitative estimate of drug-likeness (QED) is 0.257. The van der Waals surface area contributed by atoms with Crippen LogP contribution in [0, 0.1) is 0 Å². The second-order valence-corrected chi connectivity index (χ2v) is 6.08. The average Bonchev–Trinajstić information content (AvgIpc) is 2.77. The number of carbonyl (C=O) groups is 2. The van der Waals surface area contributed by atoms with Crippen LogP contribution in [0.4, 0.5) is 5.69 Å². The number of nitrogens with zero attached hydrogens (tertiary/aromatic N) is 2. The summed E-state index contributed by atoms with van der Waals surface area (Å²) in [4.78, 5) is 25.6. The highest BCUT2D eigenvalue weighted by Crippen LogP contribution is 2.20. The molecule has 0 aliphatic carbocycles. The minimum absolute atomic E-state index is 0.0760. The van der Waals surface area contributed by atoms with Crippen LogP contribution < -0.4 is 10.3 Å². The number of hydrazone groups is 1. The molecule has 0 amide bonds. The number of anilines is 1. The molecule has 7 nitrogen and oxygen atoms in total. The topological polar surface area (TPSA) is 80.2 Å². The number of benzene rings is 2. The zero-order valence-electron chi connectivity index (χ0n) is 16.3. The molecule has 0 fully saturated rings. The fraction of sp³-hybridized carbons (Fsp3) is 0.143. The third-order valence-corrected chi connectivity index (χ3v) is 4.09. The molecule has 0 saturated heterocycles. The second kappa shape index (κ2) is 10.7. The second-order valence-electron chi connectivity index (χ2n) is 5.70. The molecule has 1 N–H and O–H groups in total. The van der Waals surface area contributed by atoms with E-state index in [4.69, 9.17) is 17.0 Å². The van der Waals surface area contributed by atoms with Gasteiger partial charge in [0.25, 0.3) is 0 Å². The van der Waals surface area contributed by atoms with Crippen molar-refractivity contribution in [2.75, 3.05) is 19.1 Å². The molecule has 8 heteroatoms. The zero-order chi connectivity index (χ0) is 21.2. The highest BCUT2D eigenvalue weighted by atomic mass is 32.1. The van der Waals surface area contributed by atoms with Crippen LogP contribution in [0.2, 0.25) is 0 Å². The molecule has 0 aliphatic rings. The van der Waals surface area contributed by atoms with Crippen LogP contribution in [-0.4, -0.2) is 37.0 Å². The van der Waals surface area contributed by atoms with E-state index in [1.54, 1.807) is 24.3 Å². The Morgan fingerprint density at radius 1 is 1.00 bits per heavy atom. The SMILES string of the molecule is COC(=O)/C=C(/C(=O)OC)N(C(=S)N/N=C(\C)c1ccccc1)c1ccccc1. The number of para-hydroxylation sites is 1. The fourth-order valence-corrected chi connectivity index (χ4v) is 2.61. The summed E-state index contributed by atoms with van der Waals surface area (Å²) in [5.41, 5.74) is 4.80. The first-order chi connectivity index (χ1) is 14.0. The van der Waals surface area contributed by atoms with Gasteiger partial charge in [0.1, 0.15) is 5.70 Å². The van der Waals surface area contributed by atoms with E-state index in [1.165, 1.54) is 19.1 Å². The minimum atomic E-state index is -0.757. The van der Waals surface area contributed by atoms with Crippen LogP contribution in [0.3, 0.4) is 0 Å². The maximum atomic E-state index is 12.4. The Morgan fingerprint density at radius 3 is 2.14 bits per heavy atom. The lowest BCUT2D eigenvalue weighted by molar-refractivity contribution is -0.138. The fourth-order valence-electron chi connectivity index (χ4n) is 2.36. The van der Waals surface area contributed by atoms with Gasteiger partial charge in [0.2, 0.25) is 0 Å². The number of nitrogens with one attached hydrogen (secondary N) is 1. The number of hydrogen-bond acceptors (Lipinski definition) is 6. The Labute approximate surface area is 174 Å². The Balaban J connectivity index is 2.42. The van der Waals surface area contributed by atoms with Gasteiger partial charge in [0, 0.05) is 5.69 Å². The predicted octanol–water partition coefficient (Wildman–Crippen LogP) is 3.02. The molecule has 0 atom stereocenters. The van der Waals surface area contributed by atoms with E-state index in [1.807, 2.05) is 43.3 Å². The van der Waals surface area contributed by atoms with E-state index < -0.39 is 11.9 Å². The van der Waals surface area contributed by atoms with Crippen molar-refractivity contribution >= 4 is 40.7 Å². The number of rotatable bonds is 6. The summed E-state index contributed by atoms with van der Waals surface area (Å²) in [6, 6.07) is 18.4. The van der Waals surface area contributed by atoms with E-state index in [-0.39, 0.29) is 10.8 Å². The van der Waals surface area contributed by atoms with Crippen LogP contribution in [-0.2, 0) is 19.1 Å². The van der Waals surface area contributed by atoms with Crippen molar-refractivity contribution in [2.45, 2.75) is 6.92 Å². The van der Waals surface area contributed by atoms with Crippen molar-refractivity contribution in [2.24, 2.45) is 5.10 Å². The highest BCUT2D eigenvalue weighted by Gasteiger charge is 2.25. The van der Waals surface area contributed by atoms with E-state index in [0.717, 1.165) is 11.6 Å². The molecule has 2 aromatic carbocycles. The molecule has 0 aliphatic heterocycles. The van der Waals surface area contributed by atoms with Gasteiger partial charge < -0.3 is 9.47 Å². The molecular formula is C21H21N3O4S. The first-order valence-electron chi connectivity index (χ1n) is 8.60. The van der Waals surface area contributed by atoms with E-state index in [0.29, 0.717) is 11.4 Å². The lowest BCUT2D eigenvalue weighted by Gasteiger charge is -2.25. The smallest absolute Gasteiger partial charge is 0.355 e. The first kappa shape index (κ1) is 21.8.